The summed E-state index contributed by atoms with van der Waals surface area (Å²) in [6.45, 7) is 5.03. The Hall–Kier alpha value is -4.13. The maximum Gasteiger partial charge on any atom is 0.258 e. The van der Waals surface area contributed by atoms with E-state index in [-0.39, 0.29) is 5.91 Å². The molecule has 1 aliphatic rings. The van der Waals surface area contributed by atoms with Crippen LogP contribution in [0.25, 0.3) is 22.0 Å². The first-order valence-corrected chi connectivity index (χ1v) is 11.8. The average molecular weight is 469 g/mol. The van der Waals surface area contributed by atoms with Gasteiger partial charge in [0.2, 0.25) is 0 Å². The Morgan fingerprint density at radius 2 is 1.74 bits per heavy atom. The van der Waals surface area contributed by atoms with Gasteiger partial charge in [0.25, 0.3) is 5.91 Å². The van der Waals surface area contributed by atoms with Crippen molar-refractivity contribution in [2.45, 2.75) is 6.92 Å². The number of fused-ring (bicyclic) bond motifs is 1. The highest BCUT2D eigenvalue weighted by Gasteiger charge is 2.26. The van der Waals surface area contributed by atoms with Crippen LogP contribution in [0.2, 0.25) is 0 Å². The lowest BCUT2D eigenvalue weighted by Gasteiger charge is -2.35. The maximum absolute atomic E-state index is 13.6. The van der Waals surface area contributed by atoms with E-state index >= 15 is 0 Å². The Kier molecular flexibility index (Phi) is 6.48. The summed E-state index contributed by atoms with van der Waals surface area (Å²) in [4.78, 5) is 17.7. The number of aromatic nitrogens is 2. The zero-order valence-electron chi connectivity index (χ0n) is 20.0. The van der Waals surface area contributed by atoms with E-state index in [1.807, 2.05) is 84.6 Å². The van der Waals surface area contributed by atoms with Crippen molar-refractivity contribution >= 4 is 22.5 Å². The van der Waals surface area contributed by atoms with E-state index in [1.165, 1.54) is 0 Å². The van der Waals surface area contributed by atoms with E-state index < -0.39 is 0 Å². The van der Waals surface area contributed by atoms with Gasteiger partial charge in [-0.15, -0.1) is 10.2 Å². The topological polar surface area (TPSA) is 67.8 Å². The fraction of sp³-hybridized carbons (Fsp3) is 0.250. The van der Waals surface area contributed by atoms with Crippen LogP contribution >= 0.6 is 0 Å². The minimum atomic E-state index is 0.00403. The summed E-state index contributed by atoms with van der Waals surface area (Å²) in [7, 11) is 1.65. The van der Waals surface area contributed by atoms with E-state index in [0.29, 0.717) is 44.1 Å². The van der Waals surface area contributed by atoms with Crippen LogP contribution in [0.15, 0.2) is 72.8 Å². The number of anilines is 1. The summed E-state index contributed by atoms with van der Waals surface area (Å²) in [5, 5.41) is 10.8. The Morgan fingerprint density at radius 3 is 2.49 bits per heavy atom. The van der Waals surface area contributed by atoms with Gasteiger partial charge >= 0.3 is 0 Å². The first-order valence-electron chi connectivity index (χ1n) is 11.8. The molecule has 1 amide bonds. The quantitative estimate of drug-likeness (QED) is 0.410. The van der Waals surface area contributed by atoms with Gasteiger partial charge in [-0.2, -0.15) is 0 Å². The van der Waals surface area contributed by atoms with E-state index in [2.05, 4.69) is 15.1 Å². The van der Waals surface area contributed by atoms with Gasteiger partial charge in [0.15, 0.2) is 5.82 Å². The molecule has 1 fully saturated rings. The molecule has 0 bridgehead atoms. The second-order valence-electron chi connectivity index (χ2n) is 8.38. The molecule has 2 heterocycles. The highest BCUT2D eigenvalue weighted by Crippen LogP contribution is 2.30. The molecule has 0 N–H and O–H groups in total. The fourth-order valence-corrected chi connectivity index (χ4v) is 4.47. The fourth-order valence-electron chi connectivity index (χ4n) is 4.47. The van der Waals surface area contributed by atoms with Crippen LogP contribution in [0, 0.1) is 0 Å². The second kappa shape index (κ2) is 10.0. The van der Waals surface area contributed by atoms with Crippen LogP contribution in [0.4, 0.5) is 5.82 Å². The number of nitrogens with zero attached hydrogens (tertiary/aromatic N) is 4. The van der Waals surface area contributed by atoms with Gasteiger partial charge in [-0.05, 0) is 48.0 Å². The normalized spacial score (nSPS) is 13.7. The van der Waals surface area contributed by atoms with Crippen molar-refractivity contribution in [1.29, 1.82) is 0 Å². The molecule has 0 saturated carbocycles. The highest BCUT2D eigenvalue weighted by atomic mass is 16.5. The average Bonchev–Trinajstić information content (AvgIpc) is 2.93. The zero-order chi connectivity index (χ0) is 24.2. The molecule has 1 aromatic heterocycles. The molecule has 4 aromatic rings. The van der Waals surface area contributed by atoms with E-state index in [4.69, 9.17) is 9.47 Å². The Morgan fingerprint density at radius 1 is 0.914 bits per heavy atom. The lowest BCUT2D eigenvalue weighted by Crippen LogP contribution is -2.49. The van der Waals surface area contributed by atoms with Gasteiger partial charge in [0.1, 0.15) is 11.5 Å². The van der Waals surface area contributed by atoms with Gasteiger partial charge < -0.3 is 19.3 Å². The number of rotatable bonds is 6. The maximum atomic E-state index is 13.6. The molecule has 3 aromatic carbocycles. The van der Waals surface area contributed by atoms with Crippen LogP contribution in [0.5, 0.6) is 11.5 Å². The number of carbonyl (C=O) groups excluding carboxylic acids is 1. The number of hydrogen-bond donors (Lipinski definition) is 0. The number of benzene rings is 3. The number of methoxy groups -OCH3 is 1. The first-order chi connectivity index (χ1) is 17.2. The minimum Gasteiger partial charge on any atom is -0.497 e. The Bertz CT molecular complexity index is 1330. The van der Waals surface area contributed by atoms with Crippen LogP contribution < -0.4 is 14.4 Å². The number of piperazine rings is 1. The second-order valence-corrected chi connectivity index (χ2v) is 8.38. The predicted octanol–water partition coefficient (Wildman–Crippen LogP) is 4.67. The number of ether oxygens (including phenoxy) is 2. The molecule has 0 aliphatic carbocycles. The monoisotopic (exact) mass is 468 g/mol. The summed E-state index contributed by atoms with van der Waals surface area (Å²) in [6.07, 6.45) is 0. The molecule has 5 rings (SSSR count). The molecular weight excluding hydrogens is 440 g/mol. The minimum absolute atomic E-state index is 0.00403. The SMILES string of the molecule is CCOc1ccc2ccccc2c1C(=O)N1CCN(c2ccc(-c3cccc(OC)c3)nn2)CC1. The molecule has 0 spiro atoms. The molecule has 1 saturated heterocycles. The molecule has 35 heavy (non-hydrogen) atoms. The van der Waals surface area contributed by atoms with Crippen LogP contribution in [0.3, 0.4) is 0 Å². The number of carbonyl (C=O) groups is 1. The van der Waals surface area contributed by atoms with E-state index in [0.717, 1.165) is 33.6 Å². The predicted molar refractivity (Wildman–Crippen MR) is 137 cm³/mol. The third-order valence-electron chi connectivity index (χ3n) is 6.31. The standard InChI is InChI=1S/C28H28N4O3/c1-3-35-25-13-11-20-7-4-5-10-23(20)27(25)28(33)32-17-15-31(16-18-32)26-14-12-24(29-30-26)21-8-6-9-22(19-21)34-2/h4-14,19H,3,15-18H2,1-2H3. The van der Waals surface area contributed by atoms with Gasteiger partial charge in [-0.1, -0.05) is 42.5 Å². The summed E-state index contributed by atoms with van der Waals surface area (Å²) in [5.41, 5.74) is 2.39. The van der Waals surface area contributed by atoms with Crippen molar-refractivity contribution in [3.8, 4) is 22.8 Å². The summed E-state index contributed by atoms with van der Waals surface area (Å²) in [6, 6.07) is 23.6. The van der Waals surface area contributed by atoms with E-state index in [1.54, 1.807) is 7.11 Å². The molecule has 0 unspecified atom stereocenters. The van der Waals surface area contributed by atoms with Crippen molar-refractivity contribution in [2.24, 2.45) is 0 Å². The van der Waals surface area contributed by atoms with Crippen molar-refractivity contribution in [2.75, 3.05) is 44.8 Å². The zero-order valence-corrected chi connectivity index (χ0v) is 20.0. The molecular formula is C28H28N4O3. The van der Waals surface area contributed by atoms with Gasteiger partial charge in [-0.3, -0.25) is 4.79 Å². The Labute approximate surface area is 204 Å². The third kappa shape index (κ3) is 4.62. The lowest BCUT2D eigenvalue weighted by molar-refractivity contribution is 0.0744. The molecule has 1 aliphatic heterocycles. The van der Waals surface area contributed by atoms with Crippen molar-refractivity contribution < 1.29 is 14.3 Å². The number of amides is 1. The molecule has 0 radical (unpaired) electrons. The molecule has 7 nitrogen and oxygen atoms in total. The van der Waals surface area contributed by atoms with E-state index in [9.17, 15) is 4.79 Å². The number of hydrogen-bond acceptors (Lipinski definition) is 6. The van der Waals surface area contributed by atoms with Crippen LogP contribution in [-0.4, -0.2) is 60.9 Å². The van der Waals surface area contributed by atoms with Crippen molar-refractivity contribution in [1.82, 2.24) is 15.1 Å². The van der Waals surface area contributed by atoms with Crippen molar-refractivity contribution in [3.05, 3.63) is 78.4 Å². The van der Waals surface area contributed by atoms with Crippen molar-refractivity contribution in [3.63, 3.8) is 0 Å². The van der Waals surface area contributed by atoms with Gasteiger partial charge in [-0.25, -0.2) is 0 Å². The Balaban J connectivity index is 1.30. The van der Waals surface area contributed by atoms with Crippen LogP contribution in [0.1, 0.15) is 17.3 Å². The van der Waals surface area contributed by atoms with Crippen LogP contribution in [-0.2, 0) is 0 Å². The first kappa shape index (κ1) is 22.7. The summed E-state index contributed by atoms with van der Waals surface area (Å²) < 4.78 is 11.1. The third-order valence-corrected chi connectivity index (χ3v) is 6.31. The summed E-state index contributed by atoms with van der Waals surface area (Å²) >= 11 is 0. The largest absolute Gasteiger partial charge is 0.497 e. The highest BCUT2D eigenvalue weighted by molar-refractivity contribution is 6.09. The van der Waals surface area contributed by atoms with Gasteiger partial charge in [0, 0.05) is 31.7 Å². The lowest BCUT2D eigenvalue weighted by atomic mass is 10.0. The summed E-state index contributed by atoms with van der Waals surface area (Å²) in [5.74, 6) is 2.23. The molecule has 7 heteroatoms. The van der Waals surface area contributed by atoms with Gasteiger partial charge in [0.05, 0.1) is 25.0 Å². The molecule has 178 valence electrons. The molecule has 0 atom stereocenters. The smallest absolute Gasteiger partial charge is 0.258 e.